The SMILES string of the molecule is COc1cc(CN2C(N)=NC(N)=NC2(C)C)cc(OC)c1OC.Cl. The number of guanidine groups is 2. The molecule has 0 spiro atoms. The van der Waals surface area contributed by atoms with Gasteiger partial charge in [-0.3, -0.25) is 0 Å². The van der Waals surface area contributed by atoms with E-state index in [1.807, 2.05) is 30.9 Å². The third-order valence-electron chi connectivity index (χ3n) is 3.62. The van der Waals surface area contributed by atoms with Crippen LogP contribution in [-0.4, -0.2) is 43.8 Å². The average molecular weight is 358 g/mol. The monoisotopic (exact) mass is 357 g/mol. The molecule has 134 valence electrons. The fourth-order valence-corrected chi connectivity index (χ4v) is 2.51. The molecule has 2 rings (SSSR count). The number of benzene rings is 1. The van der Waals surface area contributed by atoms with Crippen molar-refractivity contribution < 1.29 is 14.2 Å². The summed E-state index contributed by atoms with van der Waals surface area (Å²) in [6.45, 7) is 4.30. The molecule has 1 aromatic carbocycles. The first-order chi connectivity index (χ1) is 10.8. The van der Waals surface area contributed by atoms with Gasteiger partial charge < -0.3 is 30.6 Å². The second-order valence-electron chi connectivity index (χ2n) is 5.55. The molecule has 8 nitrogen and oxygen atoms in total. The lowest BCUT2D eigenvalue weighted by molar-refractivity contribution is 0.209. The zero-order valence-corrected chi connectivity index (χ0v) is 15.3. The first-order valence-electron chi connectivity index (χ1n) is 7.08. The van der Waals surface area contributed by atoms with E-state index in [4.69, 9.17) is 25.7 Å². The predicted molar refractivity (Wildman–Crippen MR) is 96.2 cm³/mol. The van der Waals surface area contributed by atoms with E-state index in [-0.39, 0.29) is 18.4 Å². The Morgan fingerprint density at radius 3 is 2.00 bits per heavy atom. The lowest BCUT2D eigenvalue weighted by atomic mass is 10.1. The molecule has 0 aliphatic carbocycles. The summed E-state index contributed by atoms with van der Waals surface area (Å²) in [5, 5.41) is 0. The first-order valence-corrected chi connectivity index (χ1v) is 7.08. The summed E-state index contributed by atoms with van der Waals surface area (Å²) in [5.41, 5.74) is 12.0. The van der Waals surface area contributed by atoms with Crippen LogP contribution in [0.2, 0.25) is 0 Å². The minimum absolute atomic E-state index is 0. The van der Waals surface area contributed by atoms with Crippen LogP contribution in [0, 0.1) is 0 Å². The summed E-state index contributed by atoms with van der Waals surface area (Å²) in [6, 6.07) is 3.73. The number of methoxy groups -OCH3 is 3. The van der Waals surface area contributed by atoms with Crippen molar-refractivity contribution in [1.29, 1.82) is 0 Å². The average Bonchev–Trinajstić information content (AvgIpc) is 2.49. The number of nitrogens with zero attached hydrogens (tertiary/aromatic N) is 3. The van der Waals surface area contributed by atoms with Gasteiger partial charge in [-0.1, -0.05) is 0 Å². The van der Waals surface area contributed by atoms with Crippen LogP contribution in [0.25, 0.3) is 0 Å². The Hall–Kier alpha value is -2.35. The maximum atomic E-state index is 6.02. The van der Waals surface area contributed by atoms with Gasteiger partial charge in [-0.05, 0) is 31.5 Å². The normalized spacial score (nSPS) is 15.8. The van der Waals surface area contributed by atoms with E-state index in [9.17, 15) is 0 Å². The lowest BCUT2D eigenvalue weighted by Crippen LogP contribution is -2.53. The van der Waals surface area contributed by atoms with Crippen molar-refractivity contribution in [2.24, 2.45) is 21.5 Å². The molecular weight excluding hydrogens is 334 g/mol. The molecule has 0 saturated heterocycles. The van der Waals surface area contributed by atoms with Crippen LogP contribution in [0.5, 0.6) is 17.2 Å². The van der Waals surface area contributed by atoms with Gasteiger partial charge in [0.2, 0.25) is 17.7 Å². The zero-order chi connectivity index (χ0) is 17.2. The van der Waals surface area contributed by atoms with Gasteiger partial charge in [0.15, 0.2) is 11.5 Å². The molecule has 0 aromatic heterocycles. The minimum atomic E-state index is -0.601. The van der Waals surface area contributed by atoms with E-state index >= 15 is 0 Å². The van der Waals surface area contributed by atoms with E-state index < -0.39 is 5.66 Å². The Bertz CT molecular complexity index is 636. The Balaban J connectivity index is 0.00000288. The number of hydrogen-bond donors (Lipinski definition) is 2. The van der Waals surface area contributed by atoms with Crippen molar-refractivity contribution in [2.45, 2.75) is 26.1 Å². The van der Waals surface area contributed by atoms with Crippen LogP contribution in [0.4, 0.5) is 0 Å². The lowest BCUT2D eigenvalue weighted by Gasteiger charge is -2.38. The van der Waals surface area contributed by atoms with Crippen molar-refractivity contribution in [3.8, 4) is 17.2 Å². The number of aliphatic imine (C=N–C) groups is 2. The van der Waals surface area contributed by atoms with E-state index in [1.54, 1.807) is 21.3 Å². The number of ether oxygens (including phenoxy) is 3. The molecule has 24 heavy (non-hydrogen) atoms. The molecule has 1 aliphatic rings. The van der Waals surface area contributed by atoms with E-state index in [0.717, 1.165) is 5.56 Å². The Labute approximate surface area is 147 Å². The van der Waals surface area contributed by atoms with E-state index in [0.29, 0.717) is 29.8 Å². The van der Waals surface area contributed by atoms with Gasteiger partial charge in [-0.2, -0.15) is 4.99 Å². The van der Waals surface area contributed by atoms with Crippen molar-refractivity contribution >= 4 is 24.3 Å². The van der Waals surface area contributed by atoms with Crippen LogP contribution in [-0.2, 0) is 6.54 Å². The molecule has 1 aliphatic heterocycles. The largest absolute Gasteiger partial charge is 0.493 e. The van der Waals surface area contributed by atoms with Crippen LogP contribution in [0.1, 0.15) is 19.4 Å². The molecule has 0 bridgehead atoms. The highest BCUT2D eigenvalue weighted by Gasteiger charge is 2.32. The van der Waals surface area contributed by atoms with Gasteiger partial charge in [-0.25, -0.2) is 4.99 Å². The van der Waals surface area contributed by atoms with Gasteiger partial charge in [0.1, 0.15) is 5.66 Å². The highest BCUT2D eigenvalue weighted by molar-refractivity contribution is 5.95. The Kier molecular flexibility index (Phi) is 6.14. The summed E-state index contributed by atoms with van der Waals surface area (Å²) >= 11 is 0. The van der Waals surface area contributed by atoms with Crippen LogP contribution in [0.3, 0.4) is 0 Å². The standard InChI is InChI=1S/C15H23N5O3.ClH/c1-15(2)19-13(16)18-14(17)20(15)8-9-6-10(21-3)12(23-5)11(7-9)22-4;/h6-7H,8H2,1-5H3,(H4,16,17,18,19);1H. The molecule has 9 heteroatoms. The minimum Gasteiger partial charge on any atom is -0.493 e. The van der Waals surface area contributed by atoms with Gasteiger partial charge in [0, 0.05) is 6.54 Å². The molecule has 0 atom stereocenters. The molecule has 4 N–H and O–H groups in total. The molecule has 1 heterocycles. The summed E-state index contributed by atoms with van der Waals surface area (Å²) in [7, 11) is 4.72. The van der Waals surface area contributed by atoms with Gasteiger partial charge in [-0.15, -0.1) is 12.4 Å². The van der Waals surface area contributed by atoms with Crippen molar-refractivity contribution in [3.63, 3.8) is 0 Å². The zero-order valence-electron chi connectivity index (χ0n) is 14.5. The van der Waals surface area contributed by atoms with Crippen LogP contribution in [0.15, 0.2) is 22.1 Å². The maximum absolute atomic E-state index is 6.02. The molecule has 0 amide bonds. The smallest absolute Gasteiger partial charge is 0.220 e. The van der Waals surface area contributed by atoms with Crippen molar-refractivity contribution in [1.82, 2.24) is 4.90 Å². The third-order valence-corrected chi connectivity index (χ3v) is 3.62. The molecule has 0 saturated carbocycles. The van der Waals surface area contributed by atoms with E-state index in [1.165, 1.54) is 0 Å². The van der Waals surface area contributed by atoms with Gasteiger partial charge in [0.25, 0.3) is 0 Å². The van der Waals surface area contributed by atoms with Crippen LogP contribution >= 0.6 is 12.4 Å². The Morgan fingerprint density at radius 1 is 1.04 bits per heavy atom. The third kappa shape index (κ3) is 3.76. The van der Waals surface area contributed by atoms with Crippen molar-refractivity contribution in [2.75, 3.05) is 21.3 Å². The van der Waals surface area contributed by atoms with Gasteiger partial charge >= 0.3 is 0 Å². The first kappa shape index (κ1) is 19.7. The number of halogens is 1. The maximum Gasteiger partial charge on any atom is 0.220 e. The van der Waals surface area contributed by atoms with Crippen molar-refractivity contribution in [3.05, 3.63) is 17.7 Å². The quantitative estimate of drug-likeness (QED) is 0.822. The van der Waals surface area contributed by atoms with Gasteiger partial charge in [0.05, 0.1) is 21.3 Å². The summed E-state index contributed by atoms with van der Waals surface area (Å²) in [5.74, 6) is 2.19. The van der Waals surface area contributed by atoms with Crippen LogP contribution < -0.4 is 25.7 Å². The topological polar surface area (TPSA) is 108 Å². The fourth-order valence-electron chi connectivity index (χ4n) is 2.51. The Morgan fingerprint density at radius 2 is 1.58 bits per heavy atom. The number of hydrogen-bond acceptors (Lipinski definition) is 8. The highest BCUT2D eigenvalue weighted by Crippen LogP contribution is 2.39. The number of nitrogens with two attached hydrogens (primary N) is 2. The molecular formula is C15H24ClN5O3. The predicted octanol–water partition coefficient (Wildman–Crippen LogP) is 1.32. The summed E-state index contributed by atoms with van der Waals surface area (Å²) in [4.78, 5) is 10.2. The molecule has 0 radical (unpaired) electrons. The second-order valence-corrected chi connectivity index (χ2v) is 5.55. The fraction of sp³-hybridized carbons (Fsp3) is 0.467. The van der Waals surface area contributed by atoms with E-state index in [2.05, 4.69) is 9.98 Å². The molecule has 0 unspecified atom stereocenters. The molecule has 1 aromatic rings. The number of rotatable bonds is 5. The molecule has 0 fully saturated rings. The summed E-state index contributed by atoms with van der Waals surface area (Å²) < 4.78 is 16.1. The second kappa shape index (κ2) is 7.48. The highest BCUT2D eigenvalue weighted by atomic mass is 35.5. The summed E-state index contributed by atoms with van der Waals surface area (Å²) in [6.07, 6.45) is 0.